The second-order valence-electron chi connectivity index (χ2n) is 5.04. The fourth-order valence-electron chi connectivity index (χ4n) is 2.40. The fourth-order valence-corrected chi connectivity index (χ4v) is 2.40. The van der Waals surface area contributed by atoms with Crippen molar-refractivity contribution in [2.24, 2.45) is 0 Å². The Kier molecular flexibility index (Phi) is 3.84. The van der Waals surface area contributed by atoms with Gasteiger partial charge in [0.05, 0.1) is 6.54 Å². The lowest BCUT2D eigenvalue weighted by atomic mass is 10.1. The van der Waals surface area contributed by atoms with E-state index < -0.39 is 0 Å². The first-order valence-electron chi connectivity index (χ1n) is 7.02. The van der Waals surface area contributed by atoms with Gasteiger partial charge in [-0.1, -0.05) is 60.7 Å². The Morgan fingerprint density at radius 1 is 0.909 bits per heavy atom. The highest BCUT2D eigenvalue weighted by molar-refractivity contribution is 5.99. The van der Waals surface area contributed by atoms with Crippen LogP contribution < -0.4 is 0 Å². The van der Waals surface area contributed by atoms with Crippen molar-refractivity contribution in [2.75, 3.05) is 0 Å². The maximum absolute atomic E-state index is 12.5. The molecule has 3 heteroatoms. The summed E-state index contributed by atoms with van der Waals surface area (Å²) in [5, 5.41) is 11.4. The predicted molar refractivity (Wildman–Crippen MR) is 85.9 cm³/mol. The Hall–Kier alpha value is -3.12. The van der Waals surface area contributed by atoms with Crippen LogP contribution in [-0.2, 0) is 6.54 Å². The molecule has 0 atom stereocenters. The molecular weight excluding hydrogens is 273 g/mol. The quantitative estimate of drug-likeness (QED) is 0.416. The van der Waals surface area contributed by atoms with E-state index in [9.17, 15) is 10.1 Å². The second kappa shape index (κ2) is 6.11. The first-order chi connectivity index (χ1) is 10.8. The van der Waals surface area contributed by atoms with Crippen molar-refractivity contribution in [3.8, 4) is 6.19 Å². The summed E-state index contributed by atoms with van der Waals surface area (Å²) in [4.78, 5) is 13.7. The molecule has 0 saturated heterocycles. The molecule has 0 N–H and O–H groups in total. The number of amides is 1. The molecule has 1 amide bonds. The Labute approximate surface area is 129 Å². The smallest absolute Gasteiger partial charge is 0.267 e. The number of nitrogens with zero attached hydrogens (tertiary/aromatic N) is 2. The molecule has 3 rings (SSSR count). The Bertz CT molecular complexity index is 850. The number of hydrogen-bond acceptors (Lipinski definition) is 2. The largest absolute Gasteiger partial charge is 0.268 e. The van der Waals surface area contributed by atoms with Gasteiger partial charge >= 0.3 is 0 Å². The molecule has 0 aliphatic heterocycles. The third-order valence-corrected chi connectivity index (χ3v) is 3.55. The number of rotatable bonds is 3. The van der Waals surface area contributed by atoms with Crippen molar-refractivity contribution in [1.29, 1.82) is 5.26 Å². The number of carbonyl (C=O) groups excluding carboxylic acids is 1. The van der Waals surface area contributed by atoms with E-state index in [1.165, 1.54) is 4.90 Å². The highest BCUT2D eigenvalue weighted by Crippen LogP contribution is 2.17. The normalized spacial score (nSPS) is 10.1. The van der Waals surface area contributed by atoms with Crippen LogP contribution in [0.2, 0.25) is 0 Å². The second-order valence-corrected chi connectivity index (χ2v) is 5.04. The maximum Gasteiger partial charge on any atom is 0.267 e. The molecule has 0 spiro atoms. The third-order valence-electron chi connectivity index (χ3n) is 3.55. The van der Waals surface area contributed by atoms with Crippen molar-refractivity contribution >= 4 is 16.7 Å². The summed E-state index contributed by atoms with van der Waals surface area (Å²) in [7, 11) is 0. The highest BCUT2D eigenvalue weighted by atomic mass is 16.2. The van der Waals surface area contributed by atoms with Crippen LogP contribution in [0.3, 0.4) is 0 Å². The summed E-state index contributed by atoms with van der Waals surface area (Å²) in [6, 6.07) is 22.8. The van der Waals surface area contributed by atoms with Crippen LogP contribution >= 0.6 is 0 Å². The summed E-state index contributed by atoms with van der Waals surface area (Å²) in [6.07, 6.45) is 1.98. The van der Waals surface area contributed by atoms with Gasteiger partial charge in [-0.05, 0) is 28.5 Å². The number of nitriles is 1. The molecule has 106 valence electrons. The van der Waals surface area contributed by atoms with E-state index in [-0.39, 0.29) is 12.5 Å². The van der Waals surface area contributed by atoms with Gasteiger partial charge in [-0.15, -0.1) is 0 Å². The maximum atomic E-state index is 12.5. The molecule has 0 heterocycles. The lowest BCUT2D eigenvalue weighted by Gasteiger charge is -2.14. The van der Waals surface area contributed by atoms with Crippen LogP contribution in [0.4, 0.5) is 0 Å². The van der Waals surface area contributed by atoms with Gasteiger partial charge in [-0.2, -0.15) is 5.26 Å². The first kappa shape index (κ1) is 13.8. The van der Waals surface area contributed by atoms with Crippen LogP contribution in [0, 0.1) is 11.5 Å². The average Bonchev–Trinajstić information content (AvgIpc) is 2.59. The molecule has 0 aliphatic rings. The Morgan fingerprint density at radius 2 is 1.59 bits per heavy atom. The highest BCUT2D eigenvalue weighted by Gasteiger charge is 2.16. The molecule has 0 radical (unpaired) electrons. The molecule has 0 fully saturated rings. The number of benzene rings is 3. The van der Waals surface area contributed by atoms with E-state index in [0.29, 0.717) is 5.56 Å². The number of hydrogen-bond donors (Lipinski definition) is 0. The van der Waals surface area contributed by atoms with Gasteiger partial charge < -0.3 is 0 Å². The molecule has 0 aromatic heterocycles. The first-order valence-corrected chi connectivity index (χ1v) is 7.02. The van der Waals surface area contributed by atoms with Crippen LogP contribution in [0.5, 0.6) is 0 Å². The van der Waals surface area contributed by atoms with Crippen LogP contribution in [0.25, 0.3) is 10.8 Å². The number of carbonyl (C=O) groups is 1. The Balaban J connectivity index is 1.88. The average molecular weight is 287 g/mol. The molecule has 0 saturated carbocycles. The van der Waals surface area contributed by atoms with E-state index in [2.05, 4.69) is 0 Å². The van der Waals surface area contributed by atoms with Crippen molar-refractivity contribution in [3.05, 3.63) is 83.9 Å². The van der Waals surface area contributed by atoms with Gasteiger partial charge in [0.2, 0.25) is 0 Å². The number of fused-ring (bicyclic) bond motifs is 1. The summed E-state index contributed by atoms with van der Waals surface area (Å²) >= 11 is 0. The topological polar surface area (TPSA) is 44.1 Å². The zero-order valence-electron chi connectivity index (χ0n) is 11.9. The lowest BCUT2D eigenvalue weighted by molar-refractivity contribution is 0.0824. The minimum absolute atomic E-state index is 0.280. The zero-order chi connectivity index (χ0) is 15.4. The predicted octanol–water partition coefficient (Wildman–Crippen LogP) is 3.96. The van der Waals surface area contributed by atoms with E-state index in [0.717, 1.165) is 16.3 Å². The van der Waals surface area contributed by atoms with Gasteiger partial charge in [-0.25, -0.2) is 4.90 Å². The van der Waals surface area contributed by atoms with Crippen molar-refractivity contribution in [1.82, 2.24) is 4.90 Å². The third kappa shape index (κ3) is 2.82. The van der Waals surface area contributed by atoms with E-state index in [1.54, 1.807) is 6.07 Å². The standard InChI is InChI=1S/C19H14N2O/c20-14-21(13-15-6-2-1-3-7-15)19(22)18-11-10-16-8-4-5-9-17(16)12-18/h1-12H,13H2/i19+1. The van der Waals surface area contributed by atoms with Gasteiger partial charge in [0.1, 0.15) is 0 Å². The van der Waals surface area contributed by atoms with Crippen molar-refractivity contribution in [2.45, 2.75) is 6.54 Å². The monoisotopic (exact) mass is 287 g/mol. The SMILES string of the molecule is N#CN(Cc1ccccc1)[13C](=O)c1ccc2ccccc2c1. The molecule has 3 nitrogen and oxygen atoms in total. The molecule has 0 unspecified atom stereocenters. The molecule has 22 heavy (non-hydrogen) atoms. The minimum atomic E-state index is -0.280. The molecule has 3 aromatic carbocycles. The molecule has 3 aromatic rings. The van der Waals surface area contributed by atoms with Crippen molar-refractivity contribution < 1.29 is 4.79 Å². The summed E-state index contributed by atoms with van der Waals surface area (Å²) in [6.45, 7) is 0.281. The van der Waals surface area contributed by atoms with Gasteiger partial charge in [0.15, 0.2) is 6.19 Å². The van der Waals surface area contributed by atoms with E-state index in [1.807, 2.05) is 72.9 Å². The van der Waals surface area contributed by atoms with Crippen LogP contribution in [0.15, 0.2) is 72.8 Å². The van der Waals surface area contributed by atoms with Gasteiger partial charge in [0, 0.05) is 5.56 Å². The summed E-state index contributed by atoms with van der Waals surface area (Å²) < 4.78 is 0. The minimum Gasteiger partial charge on any atom is -0.268 e. The lowest BCUT2D eigenvalue weighted by Crippen LogP contribution is -2.25. The molecule has 0 bridgehead atoms. The van der Waals surface area contributed by atoms with E-state index >= 15 is 0 Å². The fraction of sp³-hybridized carbons (Fsp3) is 0.0526. The van der Waals surface area contributed by atoms with E-state index in [4.69, 9.17) is 0 Å². The van der Waals surface area contributed by atoms with Gasteiger partial charge in [-0.3, -0.25) is 4.79 Å². The zero-order valence-corrected chi connectivity index (χ0v) is 11.9. The molecular formula is C19H14N2O. The van der Waals surface area contributed by atoms with Crippen LogP contribution in [0.1, 0.15) is 15.9 Å². The van der Waals surface area contributed by atoms with Gasteiger partial charge in [0.25, 0.3) is 5.91 Å². The Morgan fingerprint density at radius 3 is 2.32 bits per heavy atom. The molecule has 0 aliphatic carbocycles. The summed E-state index contributed by atoms with van der Waals surface area (Å²) in [5.41, 5.74) is 1.45. The summed E-state index contributed by atoms with van der Waals surface area (Å²) in [5.74, 6) is -0.280. The van der Waals surface area contributed by atoms with Crippen LogP contribution in [-0.4, -0.2) is 10.8 Å². The van der Waals surface area contributed by atoms with Crippen molar-refractivity contribution in [3.63, 3.8) is 0 Å².